The number of nitrogens with zero attached hydrogens (tertiary/aromatic N) is 5. The van der Waals surface area contributed by atoms with Crippen LogP contribution in [0.5, 0.6) is 0 Å². The standard InChI is InChI=1S/C18H12F5N5O2S/c1-31(29,27-14-4-3-11(19)6-13(14)20)9-12-8-28-7-10(2-5-15(28)24-12)16-25-17(30-26-16)18(21,22)23/h2-8H,9H2,1H3. The van der Waals surface area contributed by atoms with Crippen molar-refractivity contribution in [2.24, 2.45) is 4.36 Å². The van der Waals surface area contributed by atoms with Gasteiger partial charge in [0, 0.05) is 30.3 Å². The Balaban J connectivity index is 1.63. The maximum absolute atomic E-state index is 13.8. The molecule has 0 saturated carbocycles. The molecule has 4 aromatic rings. The number of imidazole rings is 1. The third-order valence-electron chi connectivity index (χ3n) is 4.04. The second-order valence-electron chi connectivity index (χ2n) is 6.63. The van der Waals surface area contributed by atoms with Gasteiger partial charge in [0.25, 0.3) is 0 Å². The Hall–Kier alpha value is -3.35. The molecule has 0 aliphatic rings. The molecule has 4 rings (SSSR count). The fourth-order valence-corrected chi connectivity index (χ4v) is 4.09. The molecule has 0 saturated heterocycles. The van der Waals surface area contributed by atoms with E-state index in [1.165, 1.54) is 35.2 Å². The van der Waals surface area contributed by atoms with Crippen molar-refractivity contribution in [1.82, 2.24) is 19.5 Å². The summed E-state index contributed by atoms with van der Waals surface area (Å²) in [5, 5.41) is 3.32. The molecular formula is C18H12F5N5O2S. The van der Waals surface area contributed by atoms with E-state index < -0.39 is 33.4 Å². The van der Waals surface area contributed by atoms with Crippen LogP contribution in [0.4, 0.5) is 27.6 Å². The van der Waals surface area contributed by atoms with E-state index in [-0.39, 0.29) is 22.8 Å². The highest BCUT2D eigenvalue weighted by Gasteiger charge is 2.38. The topological polar surface area (TPSA) is 85.7 Å². The monoisotopic (exact) mass is 457 g/mol. The molecule has 0 fully saturated rings. The van der Waals surface area contributed by atoms with Crippen LogP contribution in [0.25, 0.3) is 17.0 Å². The molecule has 0 bridgehead atoms. The zero-order valence-electron chi connectivity index (χ0n) is 15.6. The average molecular weight is 457 g/mol. The molecule has 1 aromatic carbocycles. The van der Waals surface area contributed by atoms with Crippen molar-refractivity contribution < 1.29 is 30.7 Å². The lowest BCUT2D eigenvalue weighted by atomic mass is 10.3. The number of alkyl halides is 3. The SMILES string of the molecule is CS(=O)(Cc1cn2cc(-c3noc(C(F)(F)F)n3)ccc2n1)=Nc1ccc(F)cc1F. The van der Waals surface area contributed by atoms with Gasteiger partial charge >= 0.3 is 12.1 Å². The number of benzene rings is 1. The van der Waals surface area contributed by atoms with Crippen LogP contribution in [-0.4, -0.2) is 30.0 Å². The molecule has 0 spiro atoms. The van der Waals surface area contributed by atoms with Gasteiger partial charge in [0.2, 0.25) is 5.82 Å². The van der Waals surface area contributed by atoms with Gasteiger partial charge in [0.15, 0.2) is 5.82 Å². The van der Waals surface area contributed by atoms with Gasteiger partial charge in [-0.2, -0.15) is 22.5 Å². The average Bonchev–Trinajstić information content (AvgIpc) is 3.29. The van der Waals surface area contributed by atoms with Crippen LogP contribution in [0.3, 0.4) is 0 Å². The zero-order valence-corrected chi connectivity index (χ0v) is 16.4. The van der Waals surface area contributed by atoms with Gasteiger partial charge in [-0.3, -0.25) is 0 Å². The van der Waals surface area contributed by atoms with Crippen LogP contribution in [0, 0.1) is 11.6 Å². The summed E-state index contributed by atoms with van der Waals surface area (Å²) in [6, 6.07) is 5.70. The number of halogens is 5. The smallest absolute Gasteiger partial charge is 0.329 e. The van der Waals surface area contributed by atoms with E-state index in [4.69, 9.17) is 0 Å². The Morgan fingerprint density at radius 3 is 2.58 bits per heavy atom. The minimum atomic E-state index is -4.76. The Bertz CT molecular complexity index is 1400. The van der Waals surface area contributed by atoms with Crippen LogP contribution >= 0.6 is 0 Å². The van der Waals surface area contributed by atoms with Crippen LogP contribution in [0.2, 0.25) is 0 Å². The molecule has 0 radical (unpaired) electrons. The first-order chi connectivity index (χ1) is 14.5. The van der Waals surface area contributed by atoms with Crippen molar-refractivity contribution in [2.45, 2.75) is 11.9 Å². The molecule has 31 heavy (non-hydrogen) atoms. The summed E-state index contributed by atoms with van der Waals surface area (Å²) in [6.45, 7) is 0. The van der Waals surface area contributed by atoms with Crippen molar-refractivity contribution in [3.8, 4) is 11.4 Å². The van der Waals surface area contributed by atoms with Crippen LogP contribution < -0.4 is 0 Å². The Morgan fingerprint density at radius 2 is 1.90 bits per heavy atom. The van der Waals surface area contributed by atoms with Gasteiger partial charge in [-0.1, -0.05) is 5.16 Å². The van der Waals surface area contributed by atoms with Crippen LogP contribution in [0.15, 0.2) is 51.6 Å². The number of fused-ring (bicyclic) bond motifs is 1. The summed E-state index contributed by atoms with van der Waals surface area (Å²) in [4.78, 5) is 7.61. The van der Waals surface area contributed by atoms with Gasteiger partial charge in [0.1, 0.15) is 17.2 Å². The number of hydrogen-bond acceptors (Lipinski definition) is 6. The summed E-state index contributed by atoms with van der Waals surface area (Å²) >= 11 is 0. The van der Waals surface area contributed by atoms with Crippen LogP contribution in [0.1, 0.15) is 11.6 Å². The fourth-order valence-electron chi connectivity index (χ4n) is 2.77. The second kappa shape index (κ2) is 7.41. The molecule has 0 amide bonds. The van der Waals surface area contributed by atoms with E-state index in [0.717, 1.165) is 12.1 Å². The molecule has 1 atom stereocenters. The highest BCUT2D eigenvalue weighted by atomic mass is 32.2. The molecule has 7 nitrogen and oxygen atoms in total. The molecule has 0 aliphatic carbocycles. The van der Waals surface area contributed by atoms with Gasteiger partial charge < -0.3 is 8.92 Å². The molecule has 3 aromatic heterocycles. The van der Waals surface area contributed by atoms with Crippen molar-refractivity contribution >= 4 is 21.1 Å². The van der Waals surface area contributed by atoms with E-state index in [1.54, 1.807) is 0 Å². The van der Waals surface area contributed by atoms with Gasteiger partial charge in [-0.05, 0) is 24.3 Å². The second-order valence-corrected chi connectivity index (χ2v) is 9.02. The maximum Gasteiger partial charge on any atom is 0.471 e. The summed E-state index contributed by atoms with van der Waals surface area (Å²) in [5.74, 6) is -3.58. The normalized spacial score (nSPS) is 14.0. The molecule has 13 heteroatoms. The van der Waals surface area contributed by atoms with E-state index in [2.05, 4.69) is 24.0 Å². The fraction of sp³-hybridized carbons (Fsp3) is 0.167. The molecule has 162 valence electrons. The highest BCUT2D eigenvalue weighted by molar-refractivity contribution is 7.92. The first-order valence-electron chi connectivity index (χ1n) is 8.54. The van der Waals surface area contributed by atoms with Gasteiger partial charge in [-0.25, -0.2) is 18.0 Å². The van der Waals surface area contributed by atoms with Gasteiger partial charge in [-0.15, -0.1) is 0 Å². The van der Waals surface area contributed by atoms with Crippen molar-refractivity contribution in [1.29, 1.82) is 0 Å². The highest BCUT2D eigenvalue weighted by Crippen LogP contribution is 2.29. The van der Waals surface area contributed by atoms with Crippen molar-refractivity contribution in [3.05, 3.63) is 65.9 Å². The number of pyridine rings is 1. The third kappa shape index (κ3) is 4.55. The maximum atomic E-state index is 13.8. The number of aromatic nitrogens is 4. The quantitative estimate of drug-likeness (QED) is 0.418. The predicted molar refractivity (Wildman–Crippen MR) is 99.7 cm³/mol. The Morgan fingerprint density at radius 1 is 1.13 bits per heavy atom. The van der Waals surface area contributed by atoms with E-state index in [0.29, 0.717) is 17.4 Å². The lowest BCUT2D eigenvalue weighted by Crippen LogP contribution is -2.04. The van der Waals surface area contributed by atoms with Gasteiger partial charge in [0.05, 0.1) is 21.2 Å². The van der Waals surface area contributed by atoms with Crippen molar-refractivity contribution in [2.75, 3.05) is 6.26 Å². The number of rotatable bonds is 4. The zero-order chi connectivity index (χ0) is 22.4. The van der Waals surface area contributed by atoms with E-state index in [9.17, 15) is 26.2 Å². The summed E-state index contributed by atoms with van der Waals surface area (Å²) in [6.07, 6.45) is -0.510. The molecule has 1 unspecified atom stereocenters. The number of hydrogen-bond donors (Lipinski definition) is 0. The van der Waals surface area contributed by atoms with Crippen LogP contribution in [-0.2, 0) is 21.7 Å². The molecule has 3 heterocycles. The minimum Gasteiger partial charge on any atom is -0.329 e. The Labute approximate surface area is 171 Å². The minimum absolute atomic E-state index is 0.138. The first-order valence-corrected chi connectivity index (χ1v) is 10.6. The Kier molecular flexibility index (Phi) is 5.00. The summed E-state index contributed by atoms with van der Waals surface area (Å²) < 4.78 is 87.2. The molecular weight excluding hydrogens is 445 g/mol. The predicted octanol–water partition coefficient (Wildman–Crippen LogP) is 4.61. The molecule has 0 N–H and O–H groups in total. The van der Waals surface area contributed by atoms with Crippen molar-refractivity contribution in [3.63, 3.8) is 0 Å². The van der Waals surface area contributed by atoms with E-state index in [1.807, 2.05) is 0 Å². The largest absolute Gasteiger partial charge is 0.471 e. The first kappa shape index (κ1) is 20.9. The third-order valence-corrected chi connectivity index (χ3v) is 5.46. The lowest BCUT2D eigenvalue weighted by molar-refractivity contribution is -0.159. The molecule has 0 aliphatic heterocycles. The summed E-state index contributed by atoms with van der Waals surface area (Å²) in [5.41, 5.74) is 0.769. The lowest BCUT2D eigenvalue weighted by Gasteiger charge is -2.03. The summed E-state index contributed by atoms with van der Waals surface area (Å²) in [7, 11) is -2.97. The van der Waals surface area contributed by atoms with E-state index >= 15 is 0 Å².